The number of aliphatic hydroxyl groups is 1. The van der Waals surface area contributed by atoms with Crippen LogP contribution in [0.15, 0.2) is 18.2 Å². The molecule has 5 nitrogen and oxygen atoms in total. The van der Waals surface area contributed by atoms with Crippen LogP contribution in [0.2, 0.25) is 10.0 Å². The number of amides is 1. The summed E-state index contributed by atoms with van der Waals surface area (Å²) in [5.41, 5.74) is -1.08. The van der Waals surface area contributed by atoms with Gasteiger partial charge in [-0.3, -0.25) is 4.79 Å². The Hall–Kier alpha value is -1.30. The van der Waals surface area contributed by atoms with Crippen molar-refractivity contribution in [3.05, 3.63) is 33.8 Å². The molecule has 1 aromatic carbocycles. The van der Waals surface area contributed by atoms with E-state index in [9.17, 15) is 14.7 Å². The Morgan fingerprint density at radius 1 is 1.27 bits per heavy atom. The molecule has 22 heavy (non-hydrogen) atoms. The van der Waals surface area contributed by atoms with Crippen molar-refractivity contribution in [3.8, 4) is 0 Å². The fraction of sp³-hybridized carbons (Fsp3) is 0.467. The Morgan fingerprint density at radius 2 is 1.91 bits per heavy atom. The van der Waals surface area contributed by atoms with Crippen LogP contribution in [0.3, 0.4) is 0 Å². The van der Waals surface area contributed by atoms with Gasteiger partial charge in [0, 0.05) is 31.5 Å². The molecule has 7 heteroatoms. The molecular weight excluding hydrogens is 329 g/mol. The lowest BCUT2D eigenvalue weighted by Gasteiger charge is -2.36. The number of likely N-dealkylation sites (tertiary alicyclic amines) is 1. The summed E-state index contributed by atoms with van der Waals surface area (Å²) >= 11 is 11.7. The van der Waals surface area contributed by atoms with Crippen LogP contribution in [0, 0.1) is 0 Å². The van der Waals surface area contributed by atoms with Crippen molar-refractivity contribution in [3.63, 3.8) is 0 Å². The number of hydrogen-bond acceptors (Lipinski definition) is 4. The fourth-order valence-corrected chi connectivity index (χ4v) is 2.66. The maximum atomic E-state index is 12.4. The number of piperidine rings is 1. The average molecular weight is 346 g/mol. The van der Waals surface area contributed by atoms with Crippen molar-refractivity contribution in [2.45, 2.75) is 25.4 Å². The highest BCUT2D eigenvalue weighted by Gasteiger charge is 2.41. The SMILES string of the molecule is CCOC(=O)C1(O)CCN(C(=O)c2ccc(Cl)c(Cl)c2)CC1. The first kappa shape index (κ1) is 17.1. The van der Waals surface area contributed by atoms with Crippen LogP contribution in [-0.4, -0.2) is 47.2 Å². The maximum absolute atomic E-state index is 12.4. The van der Waals surface area contributed by atoms with Crippen molar-refractivity contribution >= 4 is 35.1 Å². The zero-order valence-electron chi connectivity index (χ0n) is 12.1. The predicted molar refractivity (Wildman–Crippen MR) is 83.2 cm³/mol. The molecule has 2 rings (SSSR count). The highest BCUT2D eigenvalue weighted by atomic mass is 35.5. The summed E-state index contributed by atoms with van der Waals surface area (Å²) in [4.78, 5) is 25.7. The van der Waals surface area contributed by atoms with Gasteiger partial charge in [0.15, 0.2) is 5.60 Å². The number of nitrogens with zero attached hydrogens (tertiary/aromatic N) is 1. The van der Waals surface area contributed by atoms with Crippen LogP contribution in [0.4, 0.5) is 0 Å². The van der Waals surface area contributed by atoms with Crippen molar-refractivity contribution in [2.75, 3.05) is 19.7 Å². The molecule has 0 saturated carbocycles. The Bertz CT molecular complexity index is 583. The lowest BCUT2D eigenvalue weighted by molar-refractivity contribution is -0.169. The zero-order valence-corrected chi connectivity index (χ0v) is 13.7. The maximum Gasteiger partial charge on any atom is 0.338 e. The van der Waals surface area contributed by atoms with Gasteiger partial charge in [-0.1, -0.05) is 23.2 Å². The molecule has 1 aliphatic rings. The number of benzene rings is 1. The van der Waals surface area contributed by atoms with Gasteiger partial charge in [0.05, 0.1) is 16.7 Å². The number of carbonyl (C=O) groups excluding carboxylic acids is 2. The van der Waals surface area contributed by atoms with Crippen molar-refractivity contribution < 1.29 is 19.4 Å². The molecule has 1 aromatic rings. The molecule has 0 aromatic heterocycles. The first-order valence-corrected chi connectivity index (χ1v) is 7.77. The van der Waals surface area contributed by atoms with E-state index in [2.05, 4.69) is 0 Å². The third kappa shape index (κ3) is 3.54. The van der Waals surface area contributed by atoms with Crippen molar-refractivity contribution in [1.29, 1.82) is 0 Å². The normalized spacial score (nSPS) is 17.2. The van der Waals surface area contributed by atoms with Gasteiger partial charge in [0.25, 0.3) is 5.91 Å². The third-order valence-electron chi connectivity index (χ3n) is 3.70. The van der Waals surface area contributed by atoms with Crippen LogP contribution in [0.5, 0.6) is 0 Å². The monoisotopic (exact) mass is 345 g/mol. The first-order chi connectivity index (χ1) is 10.4. The van der Waals surface area contributed by atoms with E-state index >= 15 is 0 Å². The Labute approximate surface area is 138 Å². The van der Waals surface area contributed by atoms with E-state index in [1.807, 2.05) is 0 Å². The summed E-state index contributed by atoms with van der Waals surface area (Å²) in [5.74, 6) is -0.832. The topological polar surface area (TPSA) is 66.8 Å². The van der Waals surface area contributed by atoms with E-state index in [1.54, 1.807) is 24.0 Å². The van der Waals surface area contributed by atoms with Gasteiger partial charge in [-0.15, -0.1) is 0 Å². The number of rotatable bonds is 3. The van der Waals surface area contributed by atoms with Gasteiger partial charge in [0.2, 0.25) is 0 Å². The zero-order chi connectivity index (χ0) is 16.3. The second-order valence-corrected chi connectivity index (χ2v) is 5.99. The lowest BCUT2D eigenvalue weighted by Crippen LogP contribution is -2.51. The van der Waals surface area contributed by atoms with Gasteiger partial charge < -0.3 is 14.7 Å². The summed E-state index contributed by atoms with van der Waals surface area (Å²) in [5, 5.41) is 11.0. The minimum Gasteiger partial charge on any atom is -0.464 e. The van der Waals surface area contributed by atoms with E-state index in [4.69, 9.17) is 27.9 Å². The molecule has 1 fully saturated rings. The summed E-state index contributed by atoms with van der Waals surface area (Å²) in [6.45, 7) is 2.44. The molecule has 0 spiro atoms. The third-order valence-corrected chi connectivity index (χ3v) is 4.44. The molecule has 0 unspecified atom stereocenters. The number of ether oxygens (including phenoxy) is 1. The molecule has 0 radical (unpaired) electrons. The van der Waals surface area contributed by atoms with Crippen LogP contribution >= 0.6 is 23.2 Å². The molecule has 1 N–H and O–H groups in total. The number of carbonyl (C=O) groups is 2. The van der Waals surface area contributed by atoms with Crippen molar-refractivity contribution in [2.24, 2.45) is 0 Å². The number of esters is 1. The standard InChI is InChI=1S/C15H17Cl2NO4/c1-2-22-14(20)15(21)5-7-18(8-6-15)13(19)10-3-4-11(16)12(17)9-10/h3-4,9,21H,2,5-8H2,1H3. The highest BCUT2D eigenvalue weighted by molar-refractivity contribution is 6.42. The van der Waals surface area contributed by atoms with Crippen molar-refractivity contribution in [1.82, 2.24) is 4.90 Å². The summed E-state index contributed by atoms with van der Waals surface area (Å²) in [7, 11) is 0. The van der Waals surface area contributed by atoms with E-state index in [0.29, 0.717) is 15.6 Å². The molecule has 120 valence electrons. The van der Waals surface area contributed by atoms with Crippen LogP contribution in [0.1, 0.15) is 30.1 Å². The van der Waals surface area contributed by atoms with E-state index in [0.717, 1.165) is 0 Å². The molecule has 0 aliphatic carbocycles. The molecule has 1 aliphatic heterocycles. The highest BCUT2D eigenvalue weighted by Crippen LogP contribution is 2.27. The average Bonchev–Trinajstić information content (AvgIpc) is 2.50. The van der Waals surface area contributed by atoms with Gasteiger partial charge in [0.1, 0.15) is 0 Å². The number of halogens is 2. The molecule has 1 heterocycles. The lowest BCUT2D eigenvalue weighted by atomic mass is 9.91. The Morgan fingerprint density at radius 3 is 2.45 bits per heavy atom. The van der Waals surface area contributed by atoms with Crippen LogP contribution < -0.4 is 0 Å². The molecule has 0 atom stereocenters. The molecular formula is C15H17Cl2NO4. The van der Waals surface area contributed by atoms with Gasteiger partial charge >= 0.3 is 5.97 Å². The molecule has 1 amide bonds. The Kier molecular flexibility index (Phi) is 5.32. The summed E-state index contributed by atoms with van der Waals surface area (Å²) in [6.07, 6.45) is 0.303. The quantitative estimate of drug-likeness (QED) is 0.854. The molecule has 0 bridgehead atoms. The summed E-state index contributed by atoms with van der Waals surface area (Å²) < 4.78 is 4.87. The fourth-order valence-electron chi connectivity index (χ4n) is 2.36. The van der Waals surface area contributed by atoms with E-state index < -0.39 is 11.6 Å². The smallest absolute Gasteiger partial charge is 0.338 e. The van der Waals surface area contributed by atoms with Gasteiger partial charge in [-0.05, 0) is 25.1 Å². The van der Waals surface area contributed by atoms with E-state index in [-0.39, 0.29) is 38.4 Å². The van der Waals surface area contributed by atoms with Gasteiger partial charge in [-0.25, -0.2) is 4.79 Å². The largest absolute Gasteiger partial charge is 0.464 e. The van der Waals surface area contributed by atoms with Gasteiger partial charge in [-0.2, -0.15) is 0 Å². The van der Waals surface area contributed by atoms with Crippen LogP contribution in [-0.2, 0) is 9.53 Å². The predicted octanol–water partition coefficient (Wildman–Crippen LogP) is 2.52. The second kappa shape index (κ2) is 6.86. The minimum absolute atomic E-state index is 0.152. The first-order valence-electron chi connectivity index (χ1n) is 7.01. The Balaban J connectivity index is 2.03. The summed E-state index contributed by atoms with van der Waals surface area (Å²) in [6, 6.07) is 4.68. The number of hydrogen-bond donors (Lipinski definition) is 1. The van der Waals surface area contributed by atoms with E-state index in [1.165, 1.54) is 6.07 Å². The molecule has 1 saturated heterocycles. The minimum atomic E-state index is -1.51. The van der Waals surface area contributed by atoms with Crippen LogP contribution in [0.25, 0.3) is 0 Å². The second-order valence-electron chi connectivity index (χ2n) is 5.17.